The Hall–Kier alpha value is 0. The third-order valence-corrected chi connectivity index (χ3v) is 2.11. The van der Waals surface area contributed by atoms with Crippen molar-refractivity contribution < 1.29 is 0 Å². The molecule has 2 rings (SSSR count). The third-order valence-electron chi connectivity index (χ3n) is 2.11. The van der Waals surface area contributed by atoms with E-state index in [0.29, 0.717) is 0 Å². The highest BCUT2D eigenvalue weighted by atomic mass is 14.0. The SMILES string of the molecule is [CH]1CC1.[CH]1CCCCCCC1. The van der Waals surface area contributed by atoms with Gasteiger partial charge in [-0.15, -0.1) is 0 Å². The number of hydrogen-bond donors (Lipinski definition) is 0. The maximum Gasteiger partial charge on any atom is -0.0386 e. The van der Waals surface area contributed by atoms with Gasteiger partial charge in [0.05, 0.1) is 0 Å². The molecule has 0 spiro atoms. The zero-order chi connectivity index (χ0) is 7.78. The van der Waals surface area contributed by atoms with Crippen LogP contribution in [0, 0.1) is 12.8 Å². The van der Waals surface area contributed by atoms with Crippen LogP contribution in [0.15, 0.2) is 0 Å². The average Bonchev–Trinajstić information content (AvgIpc) is 2.67. The second-order valence-electron chi connectivity index (χ2n) is 3.50. The van der Waals surface area contributed by atoms with Crippen molar-refractivity contribution in [2.75, 3.05) is 0 Å². The second-order valence-corrected chi connectivity index (χ2v) is 3.50. The first-order chi connectivity index (χ1) is 5.50. The first-order valence-corrected chi connectivity index (χ1v) is 5.13. The molecule has 64 valence electrons. The molecule has 0 bridgehead atoms. The van der Waals surface area contributed by atoms with Gasteiger partial charge in [-0.3, -0.25) is 0 Å². The number of hydrogen-bond acceptors (Lipinski definition) is 0. The van der Waals surface area contributed by atoms with Crippen LogP contribution in [0.3, 0.4) is 0 Å². The summed E-state index contributed by atoms with van der Waals surface area (Å²) in [5.74, 6) is 0. The lowest BCUT2D eigenvalue weighted by atomic mass is 10.0. The number of rotatable bonds is 0. The molecular weight excluding hydrogens is 132 g/mol. The average molecular weight is 152 g/mol. The molecular formula is C11H20. The van der Waals surface area contributed by atoms with Crippen LogP contribution in [0.2, 0.25) is 0 Å². The van der Waals surface area contributed by atoms with Crippen molar-refractivity contribution in [1.29, 1.82) is 0 Å². The van der Waals surface area contributed by atoms with Crippen molar-refractivity contribution in [2.24, 2.45) is 0 Å². The normalized spacial score (nSPS) is 24.0. The van der Waals surface area contributed by atoms with Gasteiger partial charge >= 0.3 is 0 Å². The van der Waals surface area contributed by atoms with Crippen LogP contribution in [-0.4, -0.2) is 0 Å². The van der Waals surface area contributed by atoms with Crippen LogP contribution < -0.4 is 0 Å². The van der Waals surface area contributed by atoms with E-state index in [1.165, 1.54) is 57.8 Å². The van der Waals surface area contributed by atoms with Crippen LogP contribution in [0.4, 0.5) is 0 Å². The van der Waals surface area contributed by atoms with Crippen LogP contribution in [0.5, 0.6) is 0 Å². The van der Waals surface area contributed by atoms with Gasteiger partial charge in [0.2, 0.25) is 0 Å². The Morgan fingerprint density at radius 3 is 1.27 bits per heavy atom. The first kappa shape index (κ1) is 9.09. The van der Waals surface area contributed by atoms with E-state index in [2.05, 4.69) is 12.8 Å². The molecule has 0 aromatic carbocycles. The van der Waals surface area contributed by atoms with Gasteiger partial charge in [0.1, 0.15) is 0 Å². The molecule has 0 atom stereocenters. The molecule has 0 N–H and O–H groups in total. The molecule has 0 amide bonds. The maximum atomic E-state index is 2.44. The van der Waals surface area contributed by atoms with E-state index in [9.17, 15) is 0 Å². The summed E-state index contributed by atoms with van der Waals surface area (Å²) in [7, 11) is 0. The molecule has 2 radical (unpaired) electrons. The minimum Gasteiger partial charge on any atom is -0.0533 e. The fourth-order valence-electron chi connectivity index (χ4n) is 1.25. The lowest BCUT2D eigenvalue weighted by Crippen LogP contribution is -1.86. The Morgan fingerprint density at radius 1 is 0.455 bits per heavy atom. The second kappa shape index (κ2) is 6.69. The van der Waals surface area contributed by atoms with Gasteiger partial charge < -0.3 is 0 Å². The summed E-state index contributed by atoms with van der Waals surface area (Å²) in [5, 5.41) is 0. The van der Waals surface area contributed by atoms with Crippen molar-refractivity contribution in [1.82, 2.24) is 0 Å². The predicted molar refractivity (Wildman–Crippen MR) is 50.2 cm³/mol. The van der Waals surface area contributed by atoms with Gasteiger partial charge in [0.15, 0.2) is 0 Å². The van der Waals surface area contributed by atoms with E-state index in [4.69, 9.17) is 0 Å². The Labute approximate surface area is 71.4 Å². The Bertz CT molecular complexity index is 47.4. The van der Waals surface area contributed by atoms with Crippen molar-refractivity contribution in [3.05, 3.63) is 12.8 Å². The molecule has 2 aliphatic rings. The lowest BCUT2D eigenvalue weighted by Gasteiger charge is -2.05. The van der Waals surface area contributed by atoms with Crippen molar-refractivity contribution >= 4 is 0 Å². The van der Waals surface area contributed by atoms with Gasteiger partial charge in [-0.25, -0.2) is 0 Å². The summed E-state index contributed by atoms with van der Waals surface area (Å²) < 4.78 is 0. The van der Waals surface area contributed by atoms with E-state index in [0.717, 1.165) is 0 Å². The van der Waals surface area contributed by atoms with Gasteiger partial charge in [-0.1, -0.05) is 44.9 Å². The van der Waals surface area contributed by atoms with E-state index < -0.39 is 0 Å². The molecule has 0 saturated heterocycles. The molecule has 2 saturated carbocycles. The van der Waals surface area contributed by atoms with E-state index in [1.54, 1.807) is 0 Å². The van der Waals surface area contributed by atoms with Crippen LogP contribution in [-0.2, 0) is 0 Å². The summed E-state index contributed by atoms with van der Waals surface area (Å²) in [6.07, 6.45) is 17.5. The van der Waals surface area contributed by atoms with E-state index >= 15 is 0 Å². The Morgan fingerprint density at radius 2 is 0.818 bits per heavy atom. The summed E-state index contributed by atoms with van der Waals surface area (Å²) >= 11 is 0. The molecule has 0 aromatic heterocycles. The van der Waals surface area contributed by atoms with Crippen molar-refractivity contribution in [3.63, 3.8) is 0 Å². The molecule has 2 fully saturated rings. The maximum absolute atomic E-state index is 2.44. The van der Waals surface area contributed by atoms with Crippen LogP contribution in [0.1, 0.15) is 57.8 Å². The molecule has 2 aliphatic carbocycles. The van der Waals surface area contributed by atoms with E-state index in [-0.39, 0.29) is 0 Å². The molecule has 0 nitrogen and oxygen atoms in total. The molecule has 0 aliphatic heterocycles. The highest BCUT2D eigenvalue weighted by molar-refractivity contribution is 4.79. The fraction of sp³-hybridized carbons (Fsp3) is 0.818. The zero-order valence-corrected chi connectivity index (χ0v) is 7.52. The monoisotopic (exact) mass is 152 g/mol. The van der Waals surface area contributed by atoms with Crippen LogP contribution in [0.25, 0.3) is 0 Å². The van der Waals surface area contributed by atoms with Gasteiger partial charge in [0, 0.05) is 0 Å². The highest BCUT2D eigenvalue weighted by Crippen LogP contribution is 2.14. The molecule has 0 heteroatoms. The summed E-state index contributed by atoms with van der Waals surface area (Å²) in [5.41, 5.74) is 0. The van der Waals surface area contributed by atoms with E-state index in [1.807, 2.05) is 0 Å². The first-order valence-electron chi connectivity index (χ1n) is 5.13. The Balaban J connectivity index is 0.000000167. The third kappa shape index (κ3) is 7.90. The largest absolute Gasteiger partial charge is 0.0533 e. The zero-order valence-electron chi connectivity index (χ0n) is 7.52. The topological polar surface area (TPSA) is 0 Å². The summed E-state index contributed by atoms with van der Waals surface area (Å²) in [4.78, 5) is 0. The highest BCUT2D eigenvalue weighted by Gasteiger charge is 1.96. The minimum absolute atomic E-state index is 1.38. The quantitative estimate of drug-likeness (QED) is 0.493. The predicted octanol–water partition coefficient (Wildman–Crippen LogP) is 3.92. The van der Waals surface area contributed by atoms with Crippen molar-refractivity contribution in [2.45, 2.75) is 57.8 Å². The summed E-state index contributed by atoms with van der Waals surface area (Å²) in [6, 6.07) is 0. The smallest absolute Gasteiger partial charge is 0.0386 e. The van der Waals surface area contributed by atoms with Gasteiger partial charge in [-0.05, 0) is 25.7 Å². The standard InChI is InChI=1S/C8H15.C3H5/c1-2-4-6-8-7-5-3-1;1-2-3-1/h1H,2-8H2;1H,2-3H2. The minimum atomic E-state index is 1.38. The Kier molecular flexibility index (Phi) is 5.53. The molecule has 11 heavy (non-hydrogen) atoms. The van der Waals surface area contributed by atoms with Crippen molar-refractivity contribution in [3.8, 4) is 0 Å². The lowest BCUT2D eigenvalue weighted by molar-refractivity contribution is 0.565. The molecule has 0 unspecified atom stereocenters. The molecule has 0 heterocycles. The van der Waals surface area contributed by atoms with Gasteiger partial charge in [-0.2, -0.15) is 0 Å². The fourth-order valence-corrected chi connectivity index (χ4v) is 1.25. The van der Waals surface area contributed by atoms with Gasteiger partial charge in [0.25, 0.3) is 0 Å². The molecule has 0 aromatic rings. The van der Waals surface area contributed by atoms with Crippen LogP contribution >= 0.6 is 0 Å². The summed E-state index contributed by atoms with van der Waals surface area (Å²) in [6.45, 7) is 0.